The van der Waals surface area contributed by atoms with E-state index in [9.17, 15) is 4.79 Å². The Morgan fingerprint density at radius 3 is 2.46 bits per heavy atom. The van der Waals surface area contributed by atoms with Crippen molar-refractivity contribution in [3.63, 3.8) is 0 Å². The Bertz CT molecular complexity index is 150. The second kappa shape index (κ2) is 6.86. The minimum Gasteiger partial charge on any atom is -0.468 e. The van der Waals surface area contributed by atoms with Gasteiger partial charge in [0.2, 0.25) is 0 Å². The molecular formula is C9H19NO3. The molecule has 0 aromatic carbocycles. The predicted molar refractivity (Wildman–Crippen MR) is 50.6 cm³/mol. The van der Waals surface area contributed by atoms with Crippen molar-refractivity contribution in [2.75, 3.05) is 33.9 Å². The summed E-state index contributed by atoms with van der Waals surface area (Å²) in [5, 5.41) is 0. The van der Waals surface area contributed by atoms with Crippen molar-refractivity contribution in [2.45, 2.75) is 20.0 Å². The van der Waals surface area contributed by atoms with Gasteiger partial charge in [-0.3, -0.25) is 9.69 Å². The topological polar surface area (TPSA) is 38.8 Å². The van der Waals surface area contributed by atoms with Crippen molar-refractivity contribution in [3.05, 3.63) is 0 Å². The van der Waals surface area contributed by atoms with Crippen molar-refractivity contribution in [2.24, 2.45) is 0 Å². The molecule has 0 fully saturated rings. The third kappa shape index (κ3) is 5.60. The molecular weight excluding hydrogens is 170 g/mol. The van der Waals surface area contributed by atoms with Crippen LogP contribution in [0.5, 0.6) is 0 Å². The summed E-state index contributed by atoms with van der Waals surface area (Å²) in [6.07, 6.45) is 0.143. The van der Waals surface area contributed by atoms with Crippen LogP contribution in [0.4, 0.5) is 0 Å². The molecule has 0 N–H and O–H groups in total. The number of nitrogens with zero attached hydrogens (tertiary/aromatic N) is 1. The van der Waals surface area contributed by atoms with Gasteiger partial charge in [-0.25, -0.2) is 0 Å². The molecule has 78 valence electrons. The van der Waals surface area contributed by atoms with E-state index >= 15 is 0 Å². The van der Waals surface area contributed by atoms with E-state index in [1.165, 1.54) is 7.11 Å². The van der Waals surface area contributed by atoms with Crippen LogP contribution >= 0.6 is 0 Å². The maximum absolute atomic E-state index is 10.9. The van der Waals surface area contributed by atoms with E-state index in [2.05, 4.69) is 4.74 Å². The van der Waals surface area contributed by atoms with Gasteiger partial charge in [0.05, 0.1) is 19.8 Å². The smallest absolute Gasteiger partial charge is 0.319 e. The van der Waals surface area contributed by atoms with Crippen LogP contribution in [0.1, 0.15) is 13.8 Å². The fraction of sp³-hybridized carbons (Fsp3) is 0.889. The van der Waals surface area contributed by atoms with E-state index in [1.807, 2.05) is 18.7 Å². The molecule has 0 saturated carbocycles. The number of hydrogen-bond acceptors (Lipinski definition) is 4. The lowest BCUT2D eigenvalue weighted by Gasteiger charge is -2.21. The zero-order chi connectivity index (χ0) is 10.3. The van der Waals surface area contributed by atoms with E-state index in [-0.39, 0.29) is 12.1 Å². The molecule has 0 aliphatic carbocycles. The van der Waals surface area contributed by atoms with Gasteiger partial charge >= 0.3 is 5.97 Å². The molecule has 0 amide bonds. The van der Waals surface area contributed by atoms with Crippen LogP contribution in [0, 0.1) is 0 Å². The normalized spacial score (nSPS) is 13.0. The summed E-state index contributed by atoms with van der Waals surface area (Å²) in [4.78, 5) is 12.9. The van der Waals surface area contributed by atoms with Crippen LogP contribution in [-0.2, 0) is 14.3 Å². The molecule has 1 atom stereocenters. The number of ether oxygens (including phenoxy) is 2. The third-order valence-corrected chi connectivity index (χ3v) is 1.95. The first-order chi connectivity index (χ1) is 6.13. The third-order valence-electron chi connectivity index (χ3n) is 1.95. The first kappa shape index (κ1) is 12.4. The Labute approximate surface area is 79.8 Å². The van der Waals surface area contributed by atoms with Crippen molar-refractivity contribution in [1.29, 1.82) is 0 Å². The summed E-state index contributed by atoms with van der Waals surface area (Å²) in [5.74, 6) is -0.204. The van der Waals surface area contributed by atoms with Gasteiger partial charge in [-0.05, 0) is 13.5 Å². The highest BCUT2D eigenvalue weighted by Crippen LogP contribution is 1.95. The fourth-order valence-corrected chi connectivity index (χ4v) is 0.991. The minimum atomic E-state index is -0.204. The second-order valence-corrected chi connectivity index (χ2v) is 2.95. The Kier molecular flexibility index (Phi) is 6.54. The number of esters is 1. The zero-order valence-electron chi connectivity index (χ0n) is 8.87. The van der Waals surface area contributed by atoms with Crippen LogP contribution in [0.25, 0.3) is 0 Å². The lowest BCUT2D eigenvalue weighted by molar-refractivity contribution is -0.142. The lowest BCUT2D eigenvalue weighted by Crippen LogP contribution is -2.36. The van der Waals surface area contributed by atoms with Gasteiger partial charge in [0.1, 0.15) is 0 Å². The number of rotatable bonds is 6. The number of carbonyl (C=O) groups is 1. The molecule has 0 spiro atoms. The lowest BCUT2D eigenvalue weighted by atomic mass is 10.3. The van der Waals surface area contributed by atoms with Gasteiger partial charge in [-0.1, -0.05) is 6.92 Å². The zero-order valence-corrected chi connectivity index (χ0v) is 8.87. The molecule has 0 aromatic heterocycles. The van der Waals surface area contributed by atoms with E-state index in [0.29, 0.717) is 6.54 Å². The van der Waals surface area contributed by atoms with Crippen LogP contribution in [0.2, 0.25) is 0 Å². The quantitative estimate of drug-likeness (QED) is 0.571. The van der Waals surface area contributed by atoms with Crippen LogP contribution in [0.3, 0.4) is 0 Å². The molecule has 1 unspecified atom stereocenters. The highest BCUT2D eigenvalue weighted by Gasteiger charge is 2.11. The van der Waals surface area contributed by atoms with E-state index in [0.717, 1.165) is 13.1 Å². The summed E-state index contributed by atoms with van der Waals surface area (Å²) in [6.45, 7) is 5.89. The fourth-order valence-electron chi connectivity index (χ4n) is 0.991. The molecule has 0 aromatic rings. The average Bonchev–Trinajstić information content (AvgIpc) is 2.16. The molecule has 4 heteroatoms. The summed E-state index contributed by atoms with van der Waals surface area (Å²) in [7, 11) is 3.06. The van der Waals surface area contributed by atoms with E-state index < -0.39 is 0 Å². The van der Waals surface area contributed by atoms with Crippen molar-refractivity contribution in [1.82, 2.24) is 4.90 Å². The summed E-state index contributed by atoms with van der Waals surface area (Å²) in [5.41, 5.74) is 0. The molecule has 0 saturated heterocycles. The number of likely N-dealkylation sites (N-methyl/N-ethyl adjacent to an activating group) is 1. The number of carbonyl (C=O) groups excluding carboxylic acids is 1. The molecule has 0 heterocycles. The Balaban J connectivity index is 3.81. The Hall–Kier alpha value is -0.610. The first-order valence-corrected chi connectivity index (χ1v) is 4.46. The second-order valence-electron chi connectivity index (χ2n) is 2.95. The van der Waals surface area contributed by atoms with Crippen LogP contribution in [-0.4, -0.2) is 50.8 Å². The first-order valence-electron chi connectivity index (χ1n) is 4.46. The molecule has 0 aliphatic heterocycles. The molecule has 4 nitrogen and oxygen atoms in total. The van der Waals surface area contributed by atoms with Gasteiger partial charge in [0, 0.05) is 13.7 Å². The van der Waals surface area contributed by atoms with Crippen molar-refractivity contribution >= 4 is 5.97 Å². The Morgan fingerprint density at radius 2 is 2.08 bits per heavy atom. The number of hydrogen-bond donors (Lipinski definition) is 0. The van der Waals surface area contributed by atoms with Crippen molar-refractivity contribution in [3.8, 4) is 0 Å². The largest absolute Gasteiger partial charge is 0.468 e. The van der Waals surface area contributed by atoms with Gasteiger partial charge in [0.25, 0.3) is 0 Å². The molecule has 0 bridgehead atoms. The molecule has 0 rings (SSSR count). The maximum Gasteiger partial charge on any atom is 0.319 e. The van der Waals surface area contributed by atoms with E-state index in [1.54, 1.807) is 7.11 Å². The highest BCUT2D eigenvalue weighted by molar-refractivity contribution is 5.71. The monoisotopic (exact) mass is 189 g/mol. The van der Waals surface area contributed by atoms with Crippen LogP contribution < -0.4 is 0 Å². The highest BCUT2D eigenvalue weighted by atomic mass is 16.5. The van der Waals surface area contributed by atoms with Gasteiger partial charge in [-0.2, -0.15) is 0 Å². The minimum absolute atomic E-state index is 0.143. The van der Waals surface area contributed by atoms with Gasteiger partial charge in [-0.15, -0.1) is 0 Å². The Morgan fingerprint density at radius 1 is 1.46 bits per heavy atom. The predicted octanol–water partition coefficient (Wildman–Crippen LogP) is 0.516. The average molecular weight is 189 g/mol. The number of methoxy groups -OCH3 is 2. The SMILES string of the molecule is CCN(CC(=O)OC)CC(C)OC. The molecule has 13 heavy (non-hydrogen) atoms. The summed E-state index contributed by atoms with van der Waals surface area (Å²) >= 11 is 0. The molecule has 0 aliphatic rings. The molecule has 0 radical (unpaired) electrons. The summed E-state index contributed by atoms with van der Waals surface area (Å²) in [6, 6.07) is 0. The van der Waals surface area contributed by atoms with E-state index in [4.69, 9.17) is 4.74 Å². The maximum atomic E-state index is 10.9. The summed E-state index contributed by atoms with van der Waals surface area (Å²) < 4.78 is 9.68. The van der Waals surface area contributed by atoms with Crippen molar-refractivity contribution < 1.29 is 14.3 Å². The van der Waals surface area contributed by atoms with Gasteiger partial charge in [0.15, 0.2) is 0 Å². The van der Waals surface area contributed by atoms with Crippen LogP contribution in [0.15, 0.2) is 0 Å². The standard InChI is InChI=1S/C9H19NO3/c1-5-10(6-8(2)12-3)7-9(11)13-4/h8H,5-7H2,1-4H3. The van der Waals surface area contributed by atoms with Gasteiger partial charge < -0.3 is 9.47 Å².